The fraction of sp³-hybridized carbons (Fsp3) is 0.438. The number of furan rings is 1. The van der Waals surface area contributed by atoms with Crippen molar-refractivity contribution in [2.75, 3.05) is 7.05 Å². The van der Waals surface area contributed by atoms with Gasteiger partial charge in [0.2, 0.25) is 5.91 Å². The fourth-order valence-electron chi connectivity index (χ4n) is 2.14. The first-order chi connectivity index (χ1) is 9.41. The summed E-state index contributed by atoms with van der Waals surface area (Å²) in [6.07, 6.45) is 0. The second-order valence-electron chi connectivity index (χ2n) is 5.46. The maximum atomic E-state index is 12.3. The number of nitrogens with two attached hydrogens (primary N) is 1. The minimum atomic E-state index is -0.202. The monoisotopic (exact) mass is 274 g/mol. The molecular weight excluding hydrogens is 252 g/mol. The summed E-state index contributed by atoms with van der Waals surface area (Å²) in [6.45, 7) is 5.67. The normalized spacial score (nSPS) is 15.8. The molecule has 0 bridgehead atoms. The molecule has 0 aliphatic carbocycles. The number of nitrogens with zero attached hydrogens (tertiary/aromatic N) is 1. The predicted molar refractivity (Wildman–Crippen MR) is 80.2 cm³/mol. The Morgan fingerprint density at radius 2 is 1.90 bits per heavy atom. The van der Waals surface area contributed by atoms with Crippen LogP contribution in [0.2, 0.25) is 0 Å². The Hall–Kier alpha value is -1.81. The van der Waals surface area contributed by atoms with E-state index in [1.54, 1.807) is 11.9 Å². The summed E-state index contributed by atoms with van der Waals surface area (Å²) < 4.78 is 5.82. The largest absolute Gasteiger partial charge is 0.459 e. The van der Waals surface area contributed by atoms with Gasteiger partial charge in [0.15, 0.2) is 0 Å². The van der Waals surface area contributed by atoms with Gasteiger partial charge in [-0.3, -0.25) is 4.79 Å². The van der Waals surface area contributed by atoms with E-state index < -0.39 is 0 Å². The Kier molecular flexibility index (Phi) is 4.14. The maximum Gasteiger partial charge on any atom is 0.227 e. The summed E-state index contributed by atoms with van der Waals surface area (Å²) in [5, 5.41) is 1.05. The van der Waals surface area contributed by atoms with E-state index >= 15 is 0 Å². The lowest BCUT2D eigenvalue weighted by atomic mass is 10.0. The van der Waals surface area contributed by atoms with Crippen LogP contribution in [-0.4, -0.2) is 23.9 Å². The van der Waals surface area contributed by atoms with Crippen LogP contribution in [0.4, 0.5) is 0 Å². The third kappa shape index (κ3) is 2.70. The van der Waals surface area contributed by atoms with Gasteiger partial charge in [-0.15, -0.1) is 0 Å². The molecule has 2 rings (SSSR count). The number of hydrogen-bond acceptors (Lipinski definition) is 3. The Balaban J connectivity index is 2.21. The number of carbonyl (C=O) groups is 1. The molecule has 4 heteroatoms. The van der Waals surface area contributed by atoms with Gasteiger partial charge in [-0.25, -0.2) is 0 Å². The van der Waals surface area contributed by atoms with Gasteiger partial charge in [0.1, 0.15) is 11.3 Å². The van der Waals surface area contributed by atoms with Gasteiger partial charge in [-0.1, -0.05) is 25.1 Å². The summed E-state index contributed by atoms with van der Waals surface area (Å²) in [5.41, 5.74) is 6.65. The van der Waals surface area contributed by atoms with E-state index in [9.17, 15) is 4.79 Å². The van der Waals surface area contributed by atoms with E-state index in [-0.39, 0.29) is 23.9 Å². The molecule has 108 valence electrons. The summed E-state index contributed by atoms with van der Waals surface area (Å²) in [7, 11) is 1.79. The van der Waals surface area contributed by atoms with Crippen LogP contribution in [0.25, 0.3) is 11.0 Å². The fourth-order valence-corrected chi connectivity index (χ4v) is 2.14. The molecule has 0 spiro atoms. The van der Waals surface area contributed by atoms with Crippen LogP contribution in [0.3, 0.4) is 0 Å². The highest BCUT2D eigenvalue weighted by atomic mass is 16.3. The van der Waals surface area contributed by atoms with Crippen molar-refractivity contribution >= 4 is 16.9 Å². The van der Waals surface area contributed by atoms with Crippen LogP contribution in [0.5, 0.6) is 0 Å². The molecule has 1 amide bonds. The second-order valence-corrected chi connectivity index (χ2v) is 5.46. The zero-order chi connectivity index (χ0) is 14.9. The van der Waals surface area contributed by atoms with Gasteiger partial charge < -0.3 is 15.1 Å². The minimum Gasteiger partial charge on any atom is -0.459 e. The molecule has 1 aromatic heterocycles. The van der Waals surface area contributed by atoms with E-state index in [1.165, 1.54) is 0 Å². The van der Waals surface area contributed by atoms with E-state index in [0.29, 0.717) is 0 Å². The molecule has 3 atom stereocenters. The van der Waals surface area contributed by atoms with Crippen LogP contribution in [0, 0.1) is 5.92 Å². The maximum absolute atomic E-state index is 12.3. The predicted octanol–water partition coefficient (Wildman–Crippen LogP) is 2.94. The van der Waals surface area contributed by atoms with E-state index in [2.05, 4.69) is 0 Å². The topological polar surface area (TPSA) is 59.5 Å². The van der Waals surface area contributed by atoms with Gasteiger partial charge in [0, 0.05) is 18.5 Å². The summed E-state index contributed by atoms with van der Waals surface area (Å²) >= 11 is 0. The molecule has 0 aliphatic rings. The third-order valence-corrected chi connectivity index (χ3v) is 3.96. The molecule has 2 aromatic rings. The van der Waals surface area contributed by atoms with Crippen molar-refractivity contribution in [1.82, 2.24) is 4.90 Å². The third-order valence-electron chi connectivity index (χ3n) is 3.96. The van der Waals surface area contributed by atoms with Gasteiger partial charge in [-0.05, 0) is 26.0 Å². The average molecular weight is 274 g/mol. The molecule has 1 aromatic carbocycles. The van der Waals surface area contributed by atoms with Crippen LogP contribution in [-0.2, 0) is 4.79 Å². The van der Waals surface area contributed by atoms with Crippen LogP contribution in [0.15, 0.2) is 34.7 Å². The second kappa shape index (κ2) is 5.67. The minimum absolute atomic E-state index is 0.0351. The summed E-state index contributed by atoms with van der Waals surface area (Å²) in [6, 6.07) is 9.55. The molecule has 0 radical (unpaired) electrons. The van der Waals surface area contributed by atoms with Crippen molar-refractivity contribution in [3.8, 4) is 0 Å². The number of benzene rings is 1. The molecule has 0 aliphatic heterocycles. The molecule has 3 unspecified atom stereocenters. The Bertz CT molecular complexity index is 570. The van der Waals surface area contributed by atoms with Crippen molar-refractivity contribution in [3.63, 3.8) is 0 Å². The number of rotatable bonds is 4. The molecule has 4 nitrogen and oxygen atoms in total. The van der Waals surface area contributed by atoms with E-state index in [1.807, 2.05) is 51.1 Å². The molecular formula is C16H22N2O2. The van der Waals surface area contributed by atoms with E-state index in [0.717, 1.165) is 16.7 Å². The van der Waals surface area contributed by atoms with Crippen molar-refractivity contribution in [1.29, 1.82) is 0 Å². The standard InChI is InChI=1S/C16H22N2O2/c1-10(11(2)17)16(19)18(4)12(3)15-9-13-7-5-6-8-14(13)20-15/h5-12H,17H2,1-4H3. The first kappa shape index (κ1) is 14.6. The Morgan fingerprint density at radius 1 is 1.25 bits per heavy atom. The quantitative estimate of drug-likeness (QED) is 0.932. The lowest BCUT2D eigenvalue weighted by molar-refractivity contribution is -0.136. The van der Waals surface area contributed by atoms with Gasteiger partial charge in [0.05, 0.1) is 12.0 Å². The molecule has 1 heterocycles. The number of amides is 1. The SMILES string of the molecule is CC(N)C(C)C(=O)N(C)C(C)c1cc2ccccc2o1. The average Bonchev–Trinajstić information content (AvgIpc) is 2.87. The molecule has 0 saturated heterocycles. The lowest BCUT2D eigenvalue weighted by Gasteiger charge is -2.27. The molecule has 0 saturated carbocycles. The number of fused-ring (bicyclic) bond motifs is 1. The van der Waals surface area contributed by atoms with Gasteiger partial charge in [-0.2, -0.15) is 0 Å². The van der Waals surface area contributed by atoms with Crippen molar-refractivity contribution in [3.05, 3.63) is 36.1 Å². The first-order valence-corrected chi connectivity index (χ1v) is 6.92. The van der Waals surface area contributed by atoms with Crippen LogP contribution < -0.4 is 5.73 Å². The Morgan fingerprint density at radius 3 is 2.50 bits per heavy atom. The molecule has 20 heavy (non-hydrogen) atoms. The lowest BCUT2D eigenvalue weighted by Crippen LogP contribution is -2.40. The first-order valence-electron chi connectivity index (χ1n) is 6.92. The smallest absolute Gasteiger partial charge is 0.227 e. The van der Waals surface area contributed by atoms with Crippen LogP contribution in [0.1, 0.15) is 32.6 Å². The van der Waals surface area contributed by atoms with Gasteiger partial charge >= 0.3 is 0 Å². The van der Waals surface area contributed by atoms with E-state index in [4.69, 9.17) is 10.2 Å². The highest BCUT2D eigenvalue weighted by Crippen LogP contribution is 2.27. The van der Waals surface area contributed by atoms with Crippen LogP contribution >= 0.6 is 0 Å². The highest BCUT2D eigenvalue weighted by molar-refractivity contribution is 5.80. The zero-order valence-corrected chi connectivity index (χ0v) is 12.5. The Labute approximate surface area is 119 Å². The van der Waals surface area contributed by atoms with Gasteiger partial charge in [0.25, 0.3) is 0 Å². The van der Waals surface area contributed by atoms with Crippen molar-refractivity contribution in [2.45, 2.75) is 32.9 Å². The molecule has 0 fully saturated rings. The summed E-state index contributed by atoms with van der Waals surface area (Å²) in [5.74, 6) is 0.624. The highest BCUT2D eigenvalue weighted by Gasteiger charge is 2.26. The zero-order valence-electron chi connectivity index (χ0n) is 12.5. The van der Waals surface area contributed by atoms with Crippen molar-refractivity contribution < 1.29 is 9.21 Å². The van der Waals surface area contributed by atoms with Crippen molar-refractivity contribution in [2.24, 2.45) is 11.7 Å². The number of carbonyl (C=O) groups excluding carboxylic acids is 1. The summed E-state index contributed by atoms with van der Waals surface area (Å²) in [4.78, 5) is 14.0. The molecule has 2 N–H and O–H groups in total. The number of para-hydroxylation sites is 1. The number of hydrogen-bond donors (Lipinski definition) is 1.